The smallest absolute Gasteiger partial charge is 0.133 e. The van der Waals surface area contributed by atoms with E-state index in [2.05, 4.69) is 41.2 Å². The van der Waals surface area contributed by atoms with Gasteiger partial charge in [0.1, 0.15) is 10.5 Å². The molecule has 0 unspecified atom stereocenters. The second-order valence-corrected chi connectivity index (χ2v) is 5.64. The lowest BCUT2D eigenvalue weighted by Gasteiger charge is -2.10. The second kappa shape index (κ2) is 4.89. The molecule has 1 aliphatic rings. The highest BCUT2D eigenvalue weighted by Gasteiger charge is 2.26. The topological polar surface area (TPSA) is 28.7 Å². The predicted octanol–water partition coefficient (Wildman–Crippen LogP) is 4.55. The zero-order valence-corrected chi connectivity index (χ0v) is 12.2. The molecular formula is C16H18N2S. The van der Waals surface area contributed by atoms with E-state index in [1.54, 1.807) is 0 Å². The van der Waals surface area contributed by atoms with Gasteiger partial charge in [0.15, 0.2) is 0 Å². The number of aromatic nitrogens is 2. The Hall–Kier alpha value is -1.48. The number of hydrogen-bond donors (Lipinski definition) is 1. The van der Waals surface area contributed by atoms with Crippen molar-refractivity contribution in [3.05, 3.63) is 45.9 Å². The maximum absolute atomic E-state index is 5.39. The molecule has 2 aromatic rings. The van der Waals surface area contributed by atoms with Gasteiger partial charge in [-0.05, 0) is 37.3 Å². The molecule has 3 heteroatoms. The minimum absolute atomic E-state index is 0.593. The Labute approximate surface area is 118 Å². The van der Waals surface area contributed by atoms with E-state index in [9.17, 15) is 0 Å². The van der Waals surface area contributed by atoms with Crippen molar-refractivity contribution in [1.82, 2.24) is 9.97 Å². The Morgan fingerprint density at radius 1 is 1.26 bits per heavy atom. The number of aryl methyl sites for hydroxylation is 1. The third kappa shape index (κ3) is 2.47. The lowest BCUT2D eigenvalue weighted by molar-refractivity contribution is 0.914. The maximum atomic E-state index is 5.39. The largest absolute Gasteiger partial charge is 0.343 e. The fourth-order valence-corrected chi connectivity index (χ4v) is 2.50. The molecule has 3 rings (SSSR count). The SMILES string of the molecule is CCc1ccc(-c2[nH]c(C3CC3)nc(=S)c2C)cc1. The molecule has 1 aromatic carbocycles. The number of nitrogens with one attached hydrogen (secondary N) is 1. The fourth-order valence-electron chi connectivity index (χ4n) is 2.30. The number of rotatable bonds is 3. The zero-order chi connectivity index (χ0) is 13.4. The fraction of sp³-hybridized carbons (Fsp3) is 0.375. The first-order valence-electron chi connectivity index (χ1n) is 6.89. The predicted molar refractivity (Wildman–Crippen MR) is 80.9 cm³/mol. The summed E-state index contributed by atoms with van der Waals surface area (Å²) in [6.07, 6.45) is 3.53. The van der Waals surface area contributed by atoms with Crippen molar-refractivity contribution < 1.29 is 0 Å². The van der Waals surface area contributed by atoms with Crippen LogP contribution in [0.3, 0.4) is 0 Å². The molecule has 0 amide bonds. The third-order valence-corrected chi connectivity index (χ3v) is 4.18. The first-order chi connectivity index (χ1) is 9.19. The van der Waals surface area contributed by atoms with Gasteiger partial charge in [-0.1, -0.05) is 43.4 Å². The standard InChI is InChI=1S/C16H18N2S/c1-3-11-4-6-12(7-5-11)14-10(2)16(19)18-15(17-14)13-8-9-13/h4-7,13H,3,8-9H2,1-2H3,(H,17,18,19). The minimum Gasteiger partial charge on any atom is -0.343 e. The van der Waals surface area contributed by atoms with Gasteiger partial charge in [-0.25, -0.2) is 4.98 Å². The Morgan fingerprint density at radius 3 is 2.53 bits per heavy atom. The molecule has 1 fully saturated rings. The van der Waals surface area contributed by atoms with Crippen LogP contribution in [0.2, 0.25) is 0 Å². The highest BCUT2D eigenvalue weighted by atomic mass is 32.1. The summed E-state index contributed by atoms with van der Waals surface area (Å²) in [5.41, 5.74) is 4.76. The number of benzene rings is 1. The van der Waals surface area contributed by atoms with Gasteiger partial charge >= 0.3 is 0 Å². The summed E-state index contributed by atoms with van der Waals surface area (Å²) in [6.45, 7) is 4.22. The van der Waals surface area contributed by atoms with Crippen molar-refractivity contribution in [2.75, 3.05) is 0 Å². The van der Waals surface area contributed by atoms with Crippen molar-refractivity contribution in [2.24, 2.45) is 0 Å². The lowest BCUT2D eigenvalue weighted by atomic mass is 10.0. The van der Waals surface area contributed by atoms with Crippen molar-refractivity contribution in [3.63, 3.8) is 0 Å². The Balaban J connectivity index is 2.09. The summed E-state index contributed by atoms with van der Waals surface area (Å²) < 4.78 is 0.732. The molecule has 0 aliphatic heterocycles. The Kier molecular flexibility index (Phi) is 3.23. The third-order valence-electron chi connectivity index (χ3n) is 3.79. The van der Waals surface area contributed by atoms with Crippen LogP contribution in [-0.4, -0.2) is 9.97 Å². The van der Waals surface area contributed by atoms with Gasteiger partial charge in [-0.2, -0.15) is 0 Å². The molecule has 1 heterocycles. The van der Waals surface area contributed by atoms with Gasteiger partial charge in [0.05, 0.1) is 5.69 Å². The molecule has 1 aliphatic carbocycles. The molecule has 1 aromatic heterocycles. The van der Waals surface area contributed by atoms with Gasteiger partial charge in [0, 0.05) is 11.5 Å². The van der Waals surface area contributed by atoms with Crippen molar-refractivity contribution in [1.29, 1.82) is 0 Å². The highest BCUT2D eigenvalue weighted by Crippen LogP contribution is 2.39. The lowest BCUT2D eigenvalue weighted by Crippen LogP contribution is -1.99. The molecule has 0 saturated heterocycles. The summed E-state index contributed by atoms with van der Waals surface area (Å²) in [7, 11) is 0. The van der Waals surface area contributed by atoms with E-state index in [1.807, 2.05) is 6.92 Å². The van der Waals surface area contributed by atoms with E-state index < -0.39 is 0 Å². The van der Waals surface area contributed by atoms with E-state index in [1.165, 1.54) is 24.0 Å². The van der Waals surface area contributed by atoms with E-state index in [0.29, 0.717) is 5.92 Å². The van der Waals surface area contributed by atoms with Crippen LogP contribution >= 0.6 is 12.2 Å². The van der Waals surface area contributed by atoms with E-state index in [-0.39, 0.29) is 0 Å². The van der Waals surface area contributed by atoms with Crippen LogP contribution < -0.4 is 0 Å². The van der Waals surface area contributed by atoms with Crippen LogP contribution in [0.5, 0.6) is 0 Å². The summed E-state index contributed by atoms with van der Waals surface area (Å²) in [6, 6.07) is 8.71. The molecule has 0 radical (unpaired) electrons. The molecule has 2 nitrogen and oxygen atoms in total. The summed E-state index contributed by atoms with van der Waals surface area (Å²) in [5, 5.41) is 0. The van der Waals surface area contributed by atoms with Crippen molar-refractivity contribution >= 4 is 12.2 Å². The van der Waals surface area contributed by atoms with E-state index in [4.69, 9.17) is 12.2 Å². The minimum atomic E-state index is 0.593. The molecule has 98 valence electrons. The van der Waals surface area contributed by atoms with Crippen LogP contribution in [-0.2, 0) is 6.42 Å². The first kappa shape index (κ1) is 12.5. The van der Waals surface area contributed by atoms with Crippen molar-refractivity contribution in [3.8, 4) is 11.3 Å². The average molecular weight is 270 g/mol. The van der Waals surface area contributed by atoms with Crippen LogP contribution in [0.4, 0.5) is 0 Å². The van der Waals surface area contributed by atoms with Gasteiger partial charge < -0.3 is 4.98 Å². The van der Waals surface area contributed by atoms with Gasteiger partial charge in [0.2, 0.25) is 0 Å². The normalized spacial score (nSPS) is 14.6. The molecule has 1 N–H and O–H groups in total. The quantitative estimate of drug-likeness (QED) is 0.829. The van der Waals surface area contributed by atoms with Crippen molar-refractivity contribution in [2.45, 2.75) is 39.0 Å². The second-order valence-electron chi connectivity index (χ2n) is 5.25. The molecule has 19 heavy (non-hydrogen) atoms. The molecule has 0 atom stereocenters. The first-order valence-corrected chi connectivity index (χ1v) is 7.30. The molecule has 0 spiro atoms. The number of nitrogens with zero attached hydrogens (tertiary/aromatic N) is 1. The van der Waals surface area contributed by atoms with Crippen LogP contribution in [0.15, 0.2) is 24.3 Å². The summed E-state index contributed by atoms with van der Waals surface area (Å²) in [4.78, 5) is 8.01. The zero-order valence-electron chi connectivity index (χ0n) is 11.4. The Bertz CT molecular complexity index is 651. The number of aromatic amines is 1. The average Bonchev–Trinajstić information content (AvgIpc) is 3.26. The summed E-state index contributed by atoms with van der Waals surface area (Å²) >= 11 is 5.39. The Morgan fingerprint density at radius 2 is 1.95 bits per heavy atom. The van der Waals surface area contributed by atoms with Crippen LogP contribution in [0, 0.1) is 11.6 Å². The maximum Gasteiger partial charge on any atom is 0.133 e. The molecule has 1 saturated carbocycles. The van der Waals surface area contributed by atoms with E-state index in [0.717, 1.165) is 28.1 Å². The van der Waals surface area contributed by atoms with Gasteiger partial charge in [-0.3, -0.25) is 0 Å². The highest BCUT2D eigenvalue weighted by molar-refractivity contribution is 7.71. The molecular weight excluding hydrogens is 252 g/mol. The van der Waals surface area contributed by atoms with Gasteiger partial charge in [-0.15, -0.1) is 0 Å². The number of hydrogen-bond acceptors (Lipinski definition) is 2. The molecule has 0 bridgehead atoms. The van der Waals surface area contributed by atoms with Crippen LogP contribution in [0.25, 0.3) is 11.3 Å². The monoisotopic (exact) mass is 270 g/mol. The van der Waals surface area contributed by atoms with Crippen LogP contribution in [0.1, 0.15) is 42.6 Å². The number of H-pyrrole nitrogens is 1. The van der Waals surface area contributed by atoms with E-state index >= 15 is 0 Å². The van der Waals surface area contributed by atoms with Gasteiger partial charge in [0.25, 0.3) is 0 Å². The summed E-state index contributed by atoms with van der Waals surface area (Å²) in [5.74, 6) is 1.65.